The van der Waals surface area contributed by atoms with Gasteiger partial charge in [0.25, 0.3) is 11.1 Å². The van der Waals surface area contributed by atoms with Crippen LogP contribution in [0.25, 0.3) is 6.08 Å². The van der Waals surface area contributed by atoms with Crippen LogP contribution in [0.15, 0.2) is 64.7 Å². The average Bonchev–Trinajstić information content (AvgIpc) is 2.95. The topological polar surface area (TPSA) is 88.0 Å². The Morgan fingerprint density at radius 1 is 1.12 bits per heavy atom. The van der Waals surface area contributed by atoms with Crippen LogP contribution >= 0.6 is 11.8 Å². The highest BCUT2D eigenvalue weighted by Crippen LogP contribution is 2.26. The maximum absolute atomic E-state index is 11.5. The molecule has 7 heteroatoms. The second-order valence-corrected chi connectivity index (χ2v) is 6.14. The Balaban J connectivity index is 1.64. The summed E-state index contributed by atoms with van der Waals surface area (Å²) < 4.78 is 5.63. The minimum Gasteiger partial charge on any atom is -0.487 e. The summed E-state index contributed by atoms with van der Waals surface area (Å²) in [6.45, 7) is 0.119. The molecule has 0 aromatic heterocycles. The zero-order chi connectivity index (χ0) is 17.6. The van der Waals surface area contributed by atoms with Gasteiger partial charge in [0.05, 0.1) is 4.91 Å². The lowest BCUT2D eigenvalue weighted by Gasteiger charge is -2.08. The molecule has 2 aromatic rings. The molecule has 0 radical (unpaired) electrons. The fraction of sp³-hybridized carbons (Fsp3) is 0.0556. The van der Waals surface area contributed by atoms with Crippen molar-refractivity contribution >= 4 is 34.7 Å². The first-order valence-corrected chi connectivity index (χ1v) is 8.21. The number of carbonyl (C=O) groups excluding carboxylic acids is 2. The molecular formula is C18H14N2O4S. The second kappa shape index (κ2) is 7.67. The quantitative estimate of drug-likeness (QED) is 0.372. The number of carbonyl (C=O) groups is 2. The molecule has 25 heavy (non-hydrogen) atoms. The van der Waals surface area contributed by atoms with Gasteiger partial charge in [-0.3, -0.25) is 14.9 Å². The average molecular weight is 354 g/mol. The monoisotopic (exact) mass is 354 g/mol. The molecule has 3 rings (SSSR count). The van der Waals surface area contributed by atoms with Crippen molar-refractivity contribution in [1.82, 2.24) is 5.32 Å². The third-order valence-corrected chi connectivity index (χ3v) is 4.23. The molecule has 126 valence electrons. The number of ether oxygens (including phenoxy) is 1. The molecule has 2 N–H and O–H groups in total. The summed E-state index contributed by atoms with van der Waals surface area (Å²) in [5.74, 6) is 0.209. The Labute approximate surface area is 148 Å². The van der Waals surface area contributed by atoms with Crippen LogP contribution in [0.3, 0.4) is 0 Å². The largest absolute Gasteiger partial charge is 0.487 e. The molecule has 1 fully saturated rings. The van der Waals surface area contributed by atoms with Gasteiger partial charge in [0.2, 0.25) is 0 Å². The number of imide groups is 1. The van der Waals surface area contributed by atoms with E-state index in [0.717, 1.165) is 22.9 Å². The first kappa shape index (κ1) is 16.8. The van der Waals surface area contributed by atoms with E-state index in [1.807, 2.05) is 30.3 Å². The zero-order valence-electron chi connectivity index (χ0n) is 13.0. The molecule has 1 aliphatic rings. The van der Waals surface area contributed by atoms with Gasteiger partial charge in [-0.2, -0.15) is 0 Å². The predicted molar refractivity (Wildman–Crippen MR) is 95.8 cm³/mol. The smallest absolute Gasteiger partial charge is 0.290 e. The Hall–Kier alpha value is -3.06. The molecule has 0 aliphatic carbocycles. The number of amides is 2. The lowest BCUT2D eigenvalue weighted by molar-refractivity contribution is -0.115. The van der Waals surface area contributed by atoms with E-state index in [0.29, 0.717) is 16.4 Å². The molecule has 2 aromatic carbocycles. The molecule has 0 atom stereocenters. The van der Waals surface area contributed by atoms with Crippen molar-refractivity contribution in [3.05, 3.63) is 70.6 Å². The lowest BCUT2D eigenvalue weighted by Crippen LogP contribution is -2.17. The normalized spacial score (nSPS) is 16.2. The van der Waals surface area contributed by atoms with E-state index in [4.69, 9.17) is 9.94 Å². The summed E-state index contributed by atoms with van der Waals surface area (Å²) in [5, 5.41) is 14.3. The Morgan fingerprint density at radius 2 is 1.84 bits per heavy atom. The van der Waals surface area contributed by atoms with Crippen molar-refractivity contribution in [1.29, 1.82) is 0 Å². The Morgan fingerprint density at radius 3 is 2.44 bits per heavy atom. The molecule has 0 bridgehead atoms. The fourth-order valence-electron chi connectivity index (χ4n) is 2.18. The number of oxime groups is 1. The summed E-state index contributed by atoms with van der Waals surface area (Å²) in [6.07, 6.45) is 1.64. The summed E-state index contributed by atoms with van der Waals surface area (Å²) in [4.78, 5) is 23.0. The minimum atomic E-state index is -0.387. The van der Waals surface area contributed by atoms with Crippen LogP contribution in [-0.2, 0) is 4.79 Å². The van der Waals surface area contributed by atoms with Gasteiger partial charge >= 0.3 is 0 Å². The van der Waals surface area contributed by atoms with Crippen LogP contribution in [0.2, 0.25) is 0 Å². The van der Waals surface area contributed by atoms with Crippen molar-refractivity contribution in [2.75, 3.05) is 6.61 Å². The third-order valence-electron chi connectivity index (χ3n) is 3.42. The van der Waals surface area contributed by atoms with Crippen LogP contribution in [0.4, 0.5) is 4.79 Å². The van der Waals surface area contributed by atoms with E-state index in [-0.39, 0.29) is 17.8 Å². The van der Waals surface area contributed by atoms with Gasteiger partial charge in [0.1, 0.15) is 18.1 Å². The van der Waals surface area contributed by atoms with Crippen molar-refractivity contribution in [3.8, 4) is 5.75 Å². The summed E-state index contributed by atoms with van der Waals surface area (Å²) in [6, 6.07) is 16.3. The SMILES string of the molecule is O=C1NC(=O)/C(=C/c2ccc(OC/C(=N\O)c3ccccc3)cc2)S1. The van der Waals surface area contributed by atoms with E-state index < -0.39 is 0 Å². The van der Waals surface area contributed by atoms with Gasteiger partial charge in [-0.05, 0) is 35.5 Å². The van der Waals surface area contributed by atoms with Crippen molar-refractivity contribution in [2.24, 2.45) is 5.16 Å². The highest BCUT2D eigenvalue weighted by atomic mass is 32.2. The van der Waals surface area contributed by atoms with Crippen LogP contribution in [0.1, 0.15) is 11.1 Å². The van der Waals surface area contributed by atoms with Crippen molar-refractivity contribution in [2.45, 2.75) is 0 Å². The van der Waals surface area contributed by atoms with Crippen LogP contribution in [0, 0.1) is 0 Å². The number of hydrogen-bond acceptors (Lipinski definition) is 6. The van der Waals surface area contributed by atoms with E-state index in [1.54, 1.807) is 30.3 Å². The number of nitrogens with one attached hydrogen (secondary N) is 1. The summed E-state index contributed by atoms with van der Waals surface area (Å²) in [5.41, 5.74) is 1.98. The fourth-order valence-corrected chi connectivity index (χ4v) is 2.87. The molecular weight excluding hydrogens is 340 g/mol. The number of benzene rings is 2. The van der Waals surface area contributed by atoms with Crippen LogP contribution in [-0.4, -0.2) is 28.7 Å². The van der Waals surface area contributed by atoms with Gasteiger partial charge in [-0.25, -0.2) is 0 Å². The molecule has 2 amide bonds. The van der Waals surface area contributed by atoms with Gasteiger partial charge in [0.15, 0.2) is 0 Å². The summed E-state index contributed by atoms with van der Waals surface area (Å²) in [7, 11) is 0. The van der Waals surface area contributed by atoms with Crippen molar-refractivity contribution < 1.29 is 19.5 Å². The second-order valence-electron chi connectivity index (χ2n) is 5.12. The standard InChI is InChI=1S/C18H14N2O4S/c21-17-16(25-18(22)19-17)10-12-6-8-14(9-7-12)24-11-15(20-23)13-4-2-1-3-5-13/h1-10,23H,11H2,(H,19,21,22)/b16-10-,20-15+. The van der Waals surface area contributed by atoms with E-state index in [9.17, 15) is 9.59 Å². The van der Waals surface area contributed by atoms with E-state index in [1.165, 1.54) is 0 Å². The van der Waals surface area contributed by atoms with E-state index >= 15 is 0 Å². The lowest BCUT2D eigenvalue weighted by atomic mass is 10.1. The van der Waals surface area contributed by atoms with Crippen LogP contribution in [0.5, 0.6) is 5.75 Å². The van der Waals surface area contributed by atoms with Gasteiger partial charge in [-0.1, -0.05) is 47.6 Å². The van der Waals surface area contributed by atoms with Crippen LogP contribution < -0.4 is 10.1 Å². The zero-order valence-corrected chi connectivity index (χ0v) is 13.8. The maximum Gasteiger partial charge on any atom is 0.290 e. The van der Waals surface area contributed by atoms with Crippen molar-refractivity contribution in [3.63, 3.8) is 0 Å². The molecule has 1 aliphatic heterocycles. The summed E-state index contributed by atoms with van der Waals surface area (Å²) >= 11 is 0.874. The molecule has 1 heterocycles. The number of hydrogen-bond donors (Lipinski definition) is 2. The highest BCUT2D eigenvalue weighted by molar-refractivity contribution is 8.18. The highest BCUT2D eigenvalue weighted by Gasteiger charge is 2.24. The number of rotatable bonds is 5. The third kappa shape index (κ3) is 4.27. The van der Waals surface area contributed by atoms with Gasteiger partial charge in [0, 0.05) is 5.56 Å². The molecule has 0 unspecified atom stereocenters. The molecule has 6 nitrogen and oxygen atoms in total. The Kier molecular flexibility index (Phi) is 5.15. The first-order chi connectivity index (χ1) is 12.2. The minimum absolute atomic E-state index is 0.119. The maximum atomic E-state index is 11.5. The Bertz CT molecular complexity index is 845. The predicted octanol–water partition coefficient (Wildman–Crippen LogP) is 3.27. The molecule has 1 saturated heterocycles. The van der Waals surface area contributed by atoms with Gasteiger partial charge < -0.3 is 9.94 Å². The van der Waals surface area contributed by atoms with Gasteiger partial charge in [-0.15, -0.1) is 0 Å². The number of nitrogens with zero attached hydrogens (tertiary/aromatic N) is 1. The molecule has 0 saturated carbocycles. The number of thioether (sulfide) groups is 1. The first-order valence-electron chi connectivity index (χ1n) is 7.40. The van der Waals surface area contributed by atoms with E-state index in [2.05, 4.69) is 10.5 Å². The molecule has 0 spiro atoms.